The molecule has 0 aromatic heterocycles. The van der Waals surface area contributed by atoms with Crippen molar-refractivity contribution in [3.8, 4) is 0 Å². The number of hydrogen-bond donors (Lipinski definition) is 2. The fraction of sp³-hybridized carbons (Fsp3) is 0.538. The largest absolute Gasteiger partial charge is 0.396 e. The third kappa shape index (κ3) is 3.00. The first-order valence-electron chi connectivity index (χ1n) is 5.99. The topological polar surface area (TPSA) is 43.7 Å². The lowest BCUT2D eigenvalue weighted by Crippen LogP contribution is -2.34. The smallest absolute Gasteiger partial charge is 0.0692 e. The van der Waals surface area contributed by atoms with Crippen molar-refractivity contribution < 1.29 is 10.2 Å². The summed E-state index contributed by atoms with van der Waals surface area (Å²) in [6, 6.07) is 6.07. The van der Waals surface area contributed by atoms with Crippen molar-refractivity contribution in [3.05, 3.63) is 28.2 Å². The third-order valence-electron chi connectivity index (χ3n) is 3.44. The van der Waals surface area contributed by atoms with Crippen molar-refractivity contribution in [1.29, 1.82) is 0 Å². The molecule has 1 aliphatic heterocycles. The van der Waals surface area contributed by atoms with Crippen molar-refractivity contribution in [2.45, 2.75) is 19.4 Å². The van der Waals surface area contributed by atoms with Crippen LogP contribution in [-0.2, 0) is 6.61 Å². The van der Waals surface area contributed by atoms with Gasteiger partial charge in [0.1, 0.15) is 0 Å². The van der Waals surface area contributed by atoms with Gasteiger partial charge < -0.3 is 15.1 Å². The minimum absolute atomic E-state index is 0.0629. The lowest BCUT2D eigenvalue weighted by molar-refractivity contribution is 0.203. The van der Waals surface area contributed by atoms with Gasteiger partial charge in [0.15, 0.2) is 0 Å². The van der Waals surface area contributed by atoms with Crippen LogP contribution in [0.5, 0.6) is 0 Å². The van der Waals surface area contributed by atoms with E-state index in [-0.39, 0.29) is 6.61 Å². The summed E-state index contributed by atoms with van der Waals surface area (Å²) in [7, 11) is 0. The molecular weight excluding hydrogens is 282 g/mol. The number of hydrogen-bond acceptors (Lipinski definition) is 3. The summed E-state index contributed by atoms with van der Waals surface area (Å²) in [6.07, 6.45) is 2.10. The standard InChI is InChI=1S/C13H18BrNO2/c14-13-7-12(2-1-11(13)9-17)15-5-3-10(8-16)4-6-15/h1-2,7,10,16-17H,3-6,8-9H2. The lowest BCUT2D eigenvalue weighted by Gasteiger charge is -2.33. The zero-order valence-corrected chi connectivity index (χ0v) is 11.4. The van der Waals surface area contributed by atoms with Crippen LogP contribution >= 0.6 is 15.9 Å². The third-order valence-corrected chi connectivity index (χ3v) is 4.18. The Morgan fingerprint density at radius 1 is 1.24 bits per heavy atom. The SMILES string of the molecule is OCc1ccc(N2CCC(CO)CC2)cc1Br. The molecule has 0 unspecified atom stereocenters. The van der Waals surface area contributed by atoms with Crippen LogP contribution in [0, 0.1) is 5.92 Å². The molecule has 0 bridgehead atoms. The first-order chi connectivity index (χ1) is 8.24. The number of aliphatic hydroxyl groups excluding tert-OH is 2. The second kappa shape index (κ2) is 5.85. The molecule has 1 heterocycles. The summed E-state index contributed by atoms with van der Waals surface area (Å²) in [5.74, 6) is 0.464. The molecule has 1 fully saturated rings. The van der Waals surface area contributed by atoms with Crippen molar-refractivity contribution in [2.75, 3.05) is 24.6 Å². The highest BCUT2D eigenvalue weighted by molar-refractivity contribution is 9.10. The van der Waals surface area contributed by atoms with Crippen molar-refractivity contribution in [2.24, 2.45) is 5.92 Å². The zero-order valence-electron chi connectivity index (χ0n) is 9.77. The molecule has 0 atom stereocenters. The fourth-order valence-electron chi connectivity index (χ4n) is 2.23. The Kier molecular flexibility index (Phi) is 4.42. The molecule has 1 aromatic carbocycles. The maximum Gasteiger partial charge on any atom is 0.0692 e. The zero-order chi connectivity index (χ0) is 12.3. The number of anilines is 1. The summed E-state index contributed by atoms with van der Waals surface area (Å²) in [5.41, 5.74) is 2.10. The quantitative estimate of drug-likeness (QED) is 0.899. The Bertz CT molecular complexity index is 376. The molecule has 0 aliphatic carbocycles. The molecule has 17 heavy (non-hydrogen) atoms. The summed E-state index contributed by atoms with van der Waals surface area (Å²) in [4.78, 5) is 2.33. The van der Waals surface area contributed by atoms with Crippen LogP contribution in [0.3, 0.4) is 0 Å². The molecule has 3 nitrogen and oxygen atoms in total. The van der Waals surface area contributed by atoms with E-state index in [0.29, 0.717) is 12.5 Å². The molecule has 1 aliphatic rings. The van der Waals surface area contributed by atoms with Crippen LogP contribution in [0.4, 0.5) is 5.69 Å². The second-order valence-electron chi connectivity index (χ2n) is 4.55. The number of rotatable bonds is 3. The average Bonchev–Trinajstić information content (AvgIpc) is 2.39. The van der Waals surface area contributed by atoms with E-state index in [0.717, 1.165) is 36.0 Å². The van der Waals surface area contributed by atoms with E-state index in [2.05, 4.69) is 33.0 Å². The molecule has 4 heteroatoms. The summed E-state index contributed by atoms with van der Waals surface area (Å²) in [5, 5.41) is 18.2. The van der Waals surface area contributed by atoms with E-state index in [9.17, 15) is 0 Å². The van der Waals surface area contributed by atoms with Crippen LogP contribution in [0.15, 0.2) is 22.7 Å². The van der Waals surface area contributed by atoms with Gasteiger partial charge in [0.25, 0.3) is 0 Å². The molecule has 2 N–H and O–H groups in total. The Balaban J connectivity index is 2.06. The van der Waals surface area contributed by atoms with Crippen LogP contribution in [0.1, 0.15) is 18.4 Å². The molecular formula is C13H18BrNO2. The van der Waals surface area contributed by atoms with E-state index in [4.69, 9.17) is 10.2 Å². The molecule has 2 rings (SSSR count). The van der Waals surface area contributed by atoms with Gasteiger partial charge in [-0.3, -0.25) is 0 Å². The van der Waals surface area contributed by atoms with Crippen LogP contribution in [-0.4, -0.2) is 29.9 Å². The van der Waals surface area contributed by atoms with Crippen molar-refractivity contribution in [3.63, 3.8) is 0 Å². The maximum atomic E-state index is 9.11. The van der Waals surface area contributed by atoms with Crippen LogP contribution in [0.2, 0.25) is 0 Å². The Morgan fingerprint density at radius 3 is 2.47 bits per heavy atom. The Labute approximate surface area is 110 Å². The molecule has 0 spiro atoms. The predicted molar refractivity (Wildman–Crippen MR) is 72.1 cm³/mol. The van der Waals surface area contributed by atoms with Gasteiger partial charge in [0.2, 0.25) is 0 Å². The summed E-state index contributed by atoms with van der Waals surface area (Å²) < 4.78 is 0.960. The molecule has 1 saturated heterocycles. The first kappa shape index (κ1) is 12.9. The van der Waals surface area contributed by atoms with Gasteiger partial charge in [-0.25, -0.2) is 0 Å². The van der Waals surface area contributed by atoms with E-state index in [1.165, 1.54) is 5.69 Å². The lowest BCUT2D eigenvalue weighted by atomic mass is 9.97. The summed E-state index contributed by atoms with van der Waals surface area (Å²) >= 11 is 3.47. The summed E-state index contributed by atoms with van der Waals surface area (Å²) in [6.45, 7) is 2.36. The number of halogens is 1. The maximum absolute atomic E-state index is 9.11. The highest BCUT2D eigenvalue weighted by Crippen LogP contribution is 2.27. The van der Waals surface area contributed by atoms with Crippen LogP contribution < -0.4 is 4.90 Å². The monoisotopic (exact) mass is 299 g/mol. The van der Waals surface area contributed by atoms with Gasteiger partial charge in [-0.2, -0.15) is 0 Å². The Morgan fingerprint density at radius 2 is 1.94 bits per heavy atom. The van der Waals surface area contributed by atoms with E-state index < -0.39 is 0 Å². The molecule has 94 valence electrons. The highest BCUT2D eigenvalue weighted by atomic mass is 79.9. The highest BCUT2D eigenvalue weighted by Gasteiger charge is 2.18. The Hall–Kier alpha value is -0.580. The number of benzene rings is 1. The van der Waals surface area contributed by atoms with Crippen molar-refractivity contribution >= 4 is 21.6 Å². The first-order valence-corrected chi connectivity index (χ1v) is 6.79. The minimum Gasteiger partial charge on any atom is -0.396 e. The van der Waals surface area contributed by atoms with Gasteiger partial charge in [-0.1, -0.05) is 22.0 Å². The van der Waals surface area contributed by atoms with Crippen molar-refractivity contribution in [1.82, 2.24) is 0 Å². The van der Waals surface area contributed by atoms with Gasteiger partial charge >= 0.3 is 0 Å². The molecule has 0 radical (unpaired) electrons. The molecule has 0 amide bonds. The minimum atomic E-state index is 0.0629. The molecule has 1 aromatic rings. The average molecular weight is 300 g/mol. The van der Waals surface area contributed by atoms with Gasteiger partial charge in [0, 0.05) is 29.9 Å². The second-order valence-corrected chi connectivity index (χ2v) is 5.40. The fourth-order valence-corrected chi connectivity index (χ4v) is 2.73. The number of nitrogens with zero attached hydrogens (tertiary/aromatic N) is 1. The van der Waals surface area contributed by atoms with E-state index in [1.54, 1.807) is 0 Å². The normalized spacial score (nSPS) is 17.5. The predicted octanol–water partition coefficient (Wildman–Crippen LogP) is 2.15. The van der Waals surface area contributed by atoms with Crippen LogP contribution in [0.25, 0.3) is 0 Å². The number of piperidine rings is 1. The number of aliphatic hydroxyl groups is 2. The van der Waals surface area contributed by atoms with Gasteiger partial charge in [0.05, 0.1) is 6.61 Å². The van der Waals surface area contributed by atoms with E-state index >= 15 is 0 Å². The van der Waals surface area contributed by atoms with Gasteiger partial charge in [-0.15, -0.1) is 0 Å². The van der Waals surface area contributed by atoms with Gasteiger partial charge in [-0.05, 0) is 36.5 Å². The molecule has 0 saturated carbocycles. The van der Waals surface area contributed by atoms with E-state index in [1.807, 2.05) is 6.07 Å².